The number of rotatable bonds is 5. The molecule has 4 rings (SSSR count). The predicted octanol–water partition coefficient (Wildman–Crippen LogP) is 3.43. The maximum Gasteiger partial charge on any atom is 0.261 e. The van der Waals surface area contributed by atoms with Crippen molar-refractivity contribution in [2.24, 2.45) is 0 Å². The molecule has 3 aromatic rings. The third kappa shape index (κ3) is 4.30. The molecule has 31 heavy (non-hydrogen) atoms. The molecule has 7 heteroatoms. The van der Waals surface area contributed by atoms with Crippen molar-refractivity contribution in [2.45, 2.75) is 6.92 Å². The fourth-order valence-electron chi connectivity index (χ4n) is 3.73. The van der Waals surface area contributed by atoms with Crippen molar-refractivity contribution in [1.29, 1.82) is 0 Å². The minimum atomic E-state index is -0.0882. The number of hydrogen-bond acceptors (Lipinski definition) is 6. The van der Waals surface area contributed by atoms with Crippen LogP contribution in [0.5, 0.6) is 11.5 Å². The van der Waals surface area contributed by atoms with Crippen molar-refractivity contribution in [3.05, 3.63) is 65.7 Å². The van der Waals surface area contributed by atoms with Gasteiger partial charge in [-0.05, 0) is 31.2 Å². The lowest BCUT2D eigenvalue weighted by molar-refractivity contribution is 0.0739. The van der Waals surface area contributed by atoms with Gasteiger partial charge in [-0.3, -0.25) is 4.79 Å². The summed E-state index contributed by atoms with van der Waals surface area (Å²) in [5, 5.41) is 8.81. The number of anilines is 1. The molecule has 1 fully saturated rings. The number of amides is 1. The quantitative estimate of drug-likeness (QED) is 0.632. The number of carbonyl (C=O) groups excluding carboxylic acids is 1. The Morgan fingerprint density at radius 1 is 0.839 bits per heavy atom. The van der Waals surface area contributed by atoms with Crippen LogP contribution in [0.1, 0.15) is 15.9 Å². The lowest BCUT2D eigenvalue weighted by Crippen LogP contribution is -2.49. The van der Waals surface area contributed by atoms with Crippen LogP contribution in [0.2, 0.25) is 0 Å². The Kier molecular flexibility index (Phi) is 6.02. The van der Waals surface area contributed by atoms with Crippen LogP contribution < -0.4 is 14.4 Å². The number of hydrogen-bond donors (Lipinski definition) is 0. The Morgan fingerprint density at radius 2 is 1.48 bits per heavy atom. The van der Waals surface area contributed by atoms with Crippen LogP contribution in [0.25, 0.3) is 11.3 Å². The highest BCUT2D eigenvalue weighted by Crippen LogP contribution is 2.30. The molecule has 1 amide bonds. The van der Waals surface area contributed by atoms with E-state index in [-0.39, 0.29) is 5.91 Å². The molecule has 2 aromatic carbocycles. The Bertz CT molecular complexity index is 1020. The van der Waals surface area contributed by atoms with Gasteiger partial charge in [0.1, 0.15) is 17.1 Å². The van der Waals surface area contributed by atoms with Gasteiger partial charge in [0.05, 0.1) is 19.9 Å². The van der Waals surface area contributed by atoms with Crippen LogP contribution >= 0.6 is 0 Å². The second-order valence-electron chi connectivity index (χ2n) is 7.46. The fraction of sp³-hybridized carbons (Fsp3) is 0.292. The Balaban J connectivity index is 1.43. The van der Waals surface area contributed by atoms with Gasteiger partial charge in [0.15, 0.2) is 5.82 Å². The number of aromatic nitrogens is 2. The average Bonchev–Trinajstić information content (AvgIpc) is 2.83. The molecule has 1 saturated heterocycles. The van der Waals surface area contributed by atoms with Gasteiger partial charge < -0.3 is 19.3 Å². The topological polar surface area (TPSA) is 67.8 Å². The van der Waals surface area contributed by atoms with Gasteiger partial charge >= 0.3 is 0 Å². The van der Waals surface area contributed by atoms with E-state index >= 15 is 0 Å². The highest BCUT2D eigenvalue weighted by molar-refractivity contribution is 5.99. The molecule has 160 valence electrons. The first-order valence-corrected chi connectivity index (χ1v) is 10.3. The van der Waals surface area contributed by atoms with Crippen LogP contribution in [0.4, 0.5) is 5.82 Å². The number of benzene rings is 2. The number of methoxy groups -OCH3 is 2. The minimum Gasteiger partial charge on any atom is -0.496 e. The summed E-state index contributed by atoms with van der Waals surface area (Å²) in [6.45, 7) is 4.60. The lowest BCUT2D eigenvalue weighted by Gasteiger charge is -2.35. The van der Waals surface area contributed by atoms with Gasteiger partial charge in [-0.2, -0.15) is 0 Å². The number of aryl methyl sites for hydroxylation is 1. The zero-order valence-electron chi connectivity index (χ0n) is 18.0. The fourth-order valence-corrected chi connectivity index (χ4v) is 3.73. The summed E-state index contributed by atoms with van der Waals surface area (Å²) in [7, 11) is 3.12. The monoisotopic (exact) mass is 418 g/mol. The number of carbonyl (C=O) groups is 1. The highest BCUT2D eigenvalue weighted by atomic mass is 16.5. The van der Waals surface area contributed by atoms with E-state index in [4.69, 9.17) is 9.47 Å². The largest absolute Gasteiger partial charge is 0.496 e. The van der Waals surface area contributed by atoms with Crippen molar-refractivity contribution in [3.8, 4) is 22.8 Å². The van der Waals surface area contributed by atoms with Gasteiger partial charge in [0, 0.05) is 31.7 Å². The average molecular weight is 418 g/mol. The third-order valence-electron chi connectivity index (χ3n) is 5.53. The highest BCUT2D eigenvalue weighted by Gasteiger charge is 2.27. The van der Waals surface area contributed by atoms with E-state index < -0.39 is 0 Å². The molecule has 0 N–H and O–H groups in total. The standard InChI is InChI=1S/C24H26N4O3/c1-17-7-9-18(10-8-17)19-11-12-22(26-25-19)27-13-15-28(16-14-27)24(29)23-20(30-2)5-4-6-21(23)31-3/h4-12H,13-16H2,1-3H3. The molecule has 1 aliphatic heterocycles. The first-order valence-electron chi connectivity index (χ1n) is 10.3. The van der Waals surface area contributed by atoms with Gasteiger partial charge in [-0.15, -0.1) is 10.2 Å². The predicted molar refractivity (Wildman–Crippen MR) is 120 cm³/mol. The molecule has 0 unspecified atom stereocenters. The maximum absolute atomic E-state index is 13.1. The normalized spacial score (nSPS) is 13.8. The Morgan fingerprint density at radius 3 is 2.03 bits per heavy atom. The van der Waals surface area contributed by atoms with Gasteiger partial charge in [-0.25, -0.2) is 0 Å². The van der Waals surface area contributed by atoms with E-state index in [1.54, 1.807) is 26.4 Å². The molecule has 1 aromatic heterocycles. The molecule has 0 saturated carbocycles. The molecule has 0 aliphatic carbocycles. The molecule has 0 spiro atoms. The third-order valence-corrected chi connectivity index (χ3v) is 5.53. The summed E-state index contributed by atoms with van der Waals surface area (Å²) in [6.07, 6.45) is 0. The molecule has 0 atom stereocenters. The van der Waals surface area contributed by atoms with E-state index in [1.165, 1.54) is 5.56 Å². The summed E-state index contributed by atoms with van der Waals surface area (Å²) < 4.78 is 10.8. The summed E-state index contributed by atoms with van der Waals surface area (Å²) in [5.41, 5.74) is 3.57. The molecule has 7 nitrogen and oxygen atoms in total. The zero-order valence-corrected chi connectivity index (χ0v) is 18.0. The van der Waals surface area contributed by atoms with Gasteiger partial charge in [0.25, 0.3) is 5.91 Å². The Labute approximate surface area is 182 Å². The van der Waals surface area contributed by atoms with Crippen molar-refractivity contribution < 1.29 is 14.3 Å². The van der Waals surface area contributed by atoms with Crippen LogP contribution in [-0.4, -0.2) is 61.4 Å². The van der Waals surface area contributed by atoms with Crippen molar-refractivity contribution in [1.82, 2.24) is 15.1 Å². The minimum absolute atomic E-state index is 0.0882. The molecular weight excluding hydrogens is 392 g/mol. The second-order valence-corrected chi connectivity index (χ2v) is 7.46. The summed E-state index contributed by atoms with van der Waals surface area (Å²) in [4.78, 5) is 17.1. The molecule has 0 bridgehead atoms. The second kappa shape index (κ2) is 9.04. The van der Waals surface area contributed by atoms with Gasteiger partial charge in [0.2, 0.25) is 0 Å². The van der Waals surface area contributed by atoms with E-state index in [0.29, 0.717) is 43.2 Å². The smallest absolute Gasteiger partial charge is 0.261 e. The van der Waals surface area contributed by atoms with E-state index in [2.05, 4.69) is 46.3 Å². The first kappa shape index (κ1) is 20.7. The first-order chi connectivity index (χ1) is 15.1. The van der Waals surface area contributed by atoms with Gasteiger partial charge in [-0.1, -0.05) is 35.9 Å². The Hall–Kier alpha value is -3.61. The number of nitrogens with zero attached hydrogens (tertiary/aromatic N) is 4. The van der Waals surface area contributed by atoms with Crippen LogP contribution in [0.3, 0.4) is 0 Å². The molecular formula is C24H26N4O3. The van der Waals surface area contributed by atoms with Crippen molar-refractivity contribution >= 4 is 11.7 Å². The lowest BCUT2D eigenvalue weighted by atomic mass is 10.1. The van der Waals surface area contributed by atoms with E-state index in [1.807, 2.05) is 23.1 Å². The van der Waals surface area contributed by atoms with E-state index in [0.717, 1.165) is 17.1 Å². The summed E-state index contributed by atoms with van der Waals surface area (Å²) >= 11 is 0. The molecule has 2 heterocycles. The summed E-state index contributed by atoms with van der Waals surface area (Å²) in [6, 6.07) is 17.6. The zero-order chi connectivity index (χ0) is 21.8. The molecule has 1 aliphatic rings. The van der Waals surface area contributed by atoms with E-state index in [9.17, 15) is 4.79 Å². The number of ether oxygens (including phenoxy) is 2. The maximum atomic E-state index is 13.1. The van der Waals surface area contributed by atoms with Crippen LogP contribution in [-0.2, 0) is 0 Å². The summed E-state index contributed by atoms with van der Waals surface area (Å²) in [5.74, 6) is 1.77. The molecule has 0 radical (unpaired) electrons. The number of piperazine rings is 1. The van der Waals surface area contributed by atoms with Crippen molar-refractivity contribution in [3.63, 3.8) is 0 Å². The van der Waals surface area contributed by atoms with Crippen molar-refractivity contribution in [2.75, 3.05) is 45.3 Å². The van der Waals surface area contributed by atoms with Crippen LogP contribution in [0.15, 0.2) is 54.6 Å². The van der Waals surface area contributed by atoms with Crippen LogP contribution in [0, 0.1) is 6.92 Å². The SMILES string of the molecule is COc1cccc(OC)c1C(=O)N1CCN(c2ccc(-c3ccc(C)cc3)nn2)CC1.